The van der Waals surface area contributed by atoms with Gasteiger partial charge in [0.05, 0.1) is 5.92 Å². The van der Waals surface area contributed by atoms with Crippen LogP contribution in [0, 0.1) is 0 Å². The molecule has 4 N–H and O–H groups in total. The normalized spacial score (nSPS) is 14.1. The maximum atomic E-state index is 11.0. The minimum Gasteiger partial charge on any atom is -0.481 e. The first-order chi connectivity index (χ1) is 7.52. The van der Waals surface area contributed by atoms with Crippen molar-refractivity contribution in [1.82, 2.24) is 0 Å². The largest absolute Gasteiger partial charge is 0.481 e. The summed E-state index contributed by atoms with van der Waals surface area (Å²) in [6.07, 6.45) is -0.116. The summed E-state index contributed by atoms with van der Waals surface area (Å²) in [6.45, 7) is 0. The van der Waals surface area contributed by atoms with Crippen LogP contribution < -0.4 is 5.73 Å². The summed E-state index contributed by atoms with van der Waals surface area (Å²) in [4.78, 5) is 21.6. The van der Waals surface area contributed by atoms with Crippen LogP contribution in [0.5, 0.6) is 0 Å². The monoisotopic (exact) mass is 223 g/mol. The first kappa shape index (κ1) is 12.2. The van der Waals surface area contributed by atoms with Gasteiger partial charge in [0.1, 0.15) is 6.04 Å². The van der Waals surface area contributed by atoms with Crippen molar-refractivity contribution in [1.29, 1.82) is 0 Å². The Labute approximate surface area is 92.5 Å². The quantitative estimate of drug-likeness (QED) is 0.680. The van der Waals surface area contributed by atoms with Crippen molar-refractivity contribution in [3.8, 4) is 0 Å². The molecular formula is C11H13NO4. The second-order valence-electron chi connectivity index (χ2n) is 3.48. The molecule has 1 rings (SSSR count). The molecule has 86 valence electrons. The fourth-order valence-corrected chi connectivity index (χ4v) is 1.42. The number of benzene rings is 1. The standard InChI is InChI=1S/C11H13NO4/c12-9(11(15)16)6-8(10(13)14)7-4-2-1-3-5-7/h1-5,8-9H,6,12H2,(H,13,14)(H,15,16)/t8-,9-/m1/s1. The molecule has 0 heterocycles. The number of nitrogens with two attached hydrogens (primary N) is 1. The molecular weight excluding hydrogens is 210 g/mol. The van der Waals surface area contributed by atoms with E-state index >= 15 is 0 Å². The minimum atomic E-state index is -1.19. The van der Waals surface area contributed by atoms with Gasteiger partial charge in [-0.3, -0.25) is 9.59 Å². The molecule has 0 bridgehead atoms. The number of hydrogen-bond donors (Lipinski definition) is 3. The number of carboxylic acids is 2. The van der Waals surface area contributed by atoms with Crippen LogP contribution in [-0.4, -0.2) is 28.2 Å². The van der Waals surface area contributed by atoms with Gasteiger partial charge in [0.25, 0.3) is 0 Å². The van der Waals surface area contributed by atoms with Gasteiger partial charge in [0.15, 0.2) is 0 Å². The van der Waals surface area contributed by atoms with Crippen LogP contribution in [0.15, 0.2) is 30.3 Å². The van der Waals surface area contributed by atoms with Crippen LogP contribution >= 0.6 is 0 Å². The first-order valence-electron chi connectivity index (χ1n) is 4.78. The van der Waals surface area contributed by atoms with Crippen LogP contribution in [0.2, 0.25) is 0 Å². The lowest BCUT2D eigenvalue weighted by atomic mass is 9.92. The Kier molecular flexibility index (Phi) is 4.02. The molecule has 0 aromatic heterocycles. The van der Waals surface area contributed by atoms with Crippen molar-refractivity contribution < 1.29 is 19.8 Å². The number of hydrogen-bond acceptors (Lipinski definition) is 3. The second-order valence-corrected chi connectivity index (χ2v) is 3.48. The van der Waals surface area contributed by atoms with E-state index in [1.165, 1.54) is 0 Å². The van der Waals surface area contributed by atoms with Gasteiger partial charge < -0.3 is 15.9 Å². The Morgan fingerprint density at radius 1 is 1.12 bits per heavy atom. The molecule has 2 atom stereocenters. The zero-order valence-electron chi connectivity index (χ0n) is 8.54. The predicted octanol–water partition coefficient (Wildman–Crippen LogP) is 0.657. The molecule has 5 nitrogen and oxygen atoms in total. The maximum Gasteiger partial charge on any atom is 0.320 e. The predicted molar refractivity (Wildman–Crippen MR) is 57.0 cm³/mol. The smallest absolute Gasteiger partial charge is 0.320 e. The maximum absolute atomic E-state index is 11.0. The van der Waals surface area contributed by atoms with Crippen molar-refractivity contribution in [2.45, 2.75) is 18.4 Å². The SMILES string of the molecule is N[C@H](C[C@@H](C(=O)O)c1ccccc1)C(=O)O. The third-order valence-corrected chi connectivity index (χ3v) is 2.31. The summed E-state index contributed by atoms with van der Waals surface area (Å²) in [6, 6.07) is 7.30. The van der Waals surface area contributed by atoms with E-state index in [9.17, 15) is 9.59 Å². The molecule has 1 aromatic rings. The fraction of sp³-hybridized carbons (Fsp3) is 0.273. The van der Waals surface area contributed by atoms with E-state index in [1.54, 1.807) is 30.3 Å². The average molecular weight is 223 g/mol. The third-order valence-electron chi connectivity index (χ3n) is 2.31. The molecule has 0 unspecified atom stereocenters. The molecule has 0 amide bonds. The van der Waals surface area contributed by atoms with Crippen LogP contribution in [0.4, 0.5) is 0 Å². The van der Waals surface area contributed by atoms with E-state index < -0.39 is 23.9 Å². The number of carbonyl (C=O) groups is 2. The third kappa shape index (κ3) is 3.06. The highest BCUT2D eigenvalue weighted by Gasteiger charge is 2.25. The lowest BCUT2D eigenvalue weighted by molar-refractivity contribution is -0.141. The summed E-state index contributed by atoms with van der Waals surface area (Å²) >= 11 is 0. The molecule has 5 heteroatoms. The Morgan fingerprint density at radius 3 is 2.12 bits per heavy atom. The molecule has 0 saturated heterocycles. The summed E-state index contributed by atoms with van der Waals surface area (Å²) in [5, 5.41) is 17.7. The Bertz CT molecular complexity index is 377. The van der Waals surface area contributed by atoms with E-state index in [-0.39, 0.29) is 6.42 Å². The van der Waals surface area contributed by atoms with Gasteiger partial charge in [-0.1, -0.05) is 30.3 Å². The fourth-order valence-electron chi connectivity index (χ4n) is 1.42. The Balaban J connectivity index is 2.85. The van der Waals surface area contributed by atoms with Gasteiger partial charge >= 0.3 is 11.9 Å². The van der Waals surface area contributed by atoms with Crippen LogP contribution in [-0.2, 0) is 9.59 Å². The summed E-state index contributed by atoms with van der Waals surface area (Å²) in [5.41, 5.74) is 5.89. The van der Waals surface area contributed by atoms with E-state index in [2.05, 4.69) is 0 Å². The van der Waals surface area contributed by atoms with Crippen molar-refractivity contribution in [2.75, 3.05) is 0 Å². The molecule has 0 aliphatic rings. The minimum absolute atomic E-state index is 0.116. The van der Waals surface area contributed by atoms with Crippen LogP contribution in [0.25, 0.3) is 0 Å². The molecule has 0 spiro atoms. The Hall–Kier alpha value is -1.88. The Morgan fingerprint density at radius 2 is 1.69 bits per heavy atom. The molecule has 0 aliphatic carbocycles. The lowest BCUT2D eigenvalue weighted by Crippen LogP contribution is -2.33. The molecule has 0 radical (unpaired) electrons. The zero-order chi connectivity index (χ0) is 12.1. The van der Waals surface area contributed by atoms with Gasteiger partial charge in [0, 0.05) is 0 Å². The lowest BCUT2D eigenvalue weighted by Gasteiger charge is -2.14. The van der Waals surface area contributed by atoms with E-state index in [0.717, 1.165) is 0 Å². The van der Waals surface area contributed by atoms with Crippen molar-refractivity contribution in [2.24, 2.45) is 5.73 Å². The van der Waals surface area contributed by atoms with Gasteiger partial charge in [0.2, 0.25) is 0 Å². The number of carboxylic acid groups (broad SMARTS) is 2. The highest BCUT2D eigenvalue weighted by Crippen LogP contribution is 2.20. The van der Waals surface area contributed by atoms with Crippen molar-refractivity contribution >= 4 is 11.9 Å². The molecule has 16 heavy (non-hydrogen) atoms. The van der Waals surface area contributed by atoms with Crippen LogP contribution in [0.3, 0.4) is 0 Å². The average Bonchev–Trinajstić information content (AvgIpc) is 2.26. The number of rotatable bonds is 5. The van der Waals surface area contributed by atoms with Crippen LogP contribution in [0.1, 0.15) is 17.9 Å². The van der Waals surface area contributed by atoms with Gasteiger partial charge in [-0.2, -0.15) is 0 Å². The summed E-state index contributed by atoms with van der Waals surface area (Å²) < 4.78 is 0. The first-order valence-corrected chi connectivity index (χ1v) is 4.78. The highest BCUT2D eigenvalue weighted by atomic mass is 16.4. The summed E-state index contributed by atoms with van der Waals surface area (Å²) in [5.74, 6) is -3.14. The van der Waals surface area contributed by atoms with E-state index in [1.807, 2.05) is 0 Å². The van der Waals surface area contributed by atoms with Gasteiger partial charge in [-0.05, 0) is 12.0 Å². The number of aliphatic carboxylic acids is 2. The van der Waals surface area contributed by atoms with Crippen molar-refractivity contribution in [3.63, 3.8) is 0 Å². The molecule has 0 saturated carbocycles. The van der Waals surface area contributed by atoms with E-state index in [4.69, 9.17) is 15.9 Å². The van der Waals surface area contributed by atoms with Gasteiger partial charge in [-0.15, -0.1) is 0 Å². The molecule has 1 aromatic carbocycles. The van der Waals surface area contributed by atoms with Crippen molar-refractivity contribution in [3.05, 3.63) is 35.9 Å². The zero-order valence-corrected chi connectivity index (χ0v) is 8.54. The molecule has 0 aliphatic heterocycles. The summed E-state index contributed by atoms with van der Waals surface area (Å²) in [7, 11) is 0. The second kappa shape index (κ2) is 5.27. The van der Waals surface area contributed by atoms with E-state index in [0.29, 0.717) is 5.56 Å². The topological polar surface area (TPSA) is 101 Å². The van der Waals surface area contributed by atoms with Gasteiger partial charge in [-0.25, -0.2) is 0 Å². The molecule has 0 fully saturated rings. The highest BCUT2D eigenvalue weighted by molar-refractivity contribution is 5.79.